The van der Waals surface area contributed by atoms with Gasteiger partial charge >= 0.3 is 0 Å². The summed E-state index contributed by atoms with van der Waals surface area (Å²) in [6.07, 6.45) is -0.260. The van der Waals surface area contributed by atoms with Crippen LogP contribution in [0.25, 0.3) is 0 Å². The quantitative estimate of drug-likeness (QED) is 0.864. The average Bonchev–Trinajstić information content (AvgIpc) is 2.31. The van der Waals surface area contributed by atoms with Gasteiger partial charge in [-0.15, -0.1) is 12.4 Å². The highest BCUT2D eigenvalue weighted by molar-refractivity contribution is 9.10. The summed E-state index contributed by atoms with van der Waals surface area (Å²) in [4.78, 5) is 11.6. The Kier molecular flexibility index (Phi) is 8.10. The number of anilines is 1. The third-order valence-corrected chi connectivity index (χ3v) is 2.71. The van der Waals surface area contributed by atoms with Crippen molar-refractivity contribution in [2.75, 3.05) is 19.0 Å². The summed E-state index contributed by atoms with van der Waals surface area (Å²) in [7, 11) is 1.48. The van der Waals surface area contributed by atoms with Crippen molar-refractivity contribution >= 4 is 39.9 Å². The fourth-order valence-electron chi connectivity index (χ4n) is 1.26. The number of methoxy groups -OCH3 is 1. The third kappa shape index (κ3) is 5.30. The zero-order valence-electron chi connectivity index (χ0n) is 9.78. The number of amides is 1. The van der Waals surface area contributed by atoms with Crippen LogP contribution >= 0.6 is 28.3 Å². The molecule has 0 aromatic heterocycles. The fraction of sp³-hybridized carbons (Fsp3) is 0.364. The predicted octanol–water partition coefficient (Wildman–Crippen LogP) is 2.31. The smallest absolute Gasteiger partial charge is 0.227 e. The Labute approximate surface area is 120 Å². The summed E-state index contributed by atoms with van der Waals surface area (Å²) in [5.41, 5.74) is 5.53. The molecule has 0 aliphatic carbocycles. The molecule has 1 rings (SSSR count). The van der Waals surface area contributed by atoms with Crippen molar-refractivity contribution in [2.24, 2.45) is 5.73 Å². The summed E-state index contributed by atoms with van der Waals surface area (Å²) in [6, 6.07) is 4.33. The first-order valence-electron chi connectivity index (χ1n) is 5.04. The van der Waals surface area contributed by atoms with Crippen LogP contribution in [0, 0.1) is 5.82 Å². The average molecular weight is 342 g/mol. The monoisotopic (exact) mass is 340 g/mol. The molecule has 4 nitrogen and oxygen atoms in total. The molecule has 7 heteroatoms. The van der Waals surface area contributed by atoms with Crippen LogP contribution in [-0.4, -0.2) is 25.7 Å². The van der Waals surface area contributed by atoms with Crippen LogP contribution in [0.1, 0.15) is 6.42 Å². The van der Waals surface area contributed by atoms with Gasteiger partial charge in [-0.25, -0.2) is 4.39 Å². The topological polar surface area (TPSA) is 64.3 Å². The van der Waals surface area contributed by atoms with Gasteiger partial charge in [0.1, 0.15) is 5.82 Å². The van der Waals surface area contributed by atoms with Crippen LogP contribution in [0.4, 0.5) is 10.1 Å². The SMILES string of the molecule is COC(CN)CC(=O)Nc1cc(Br)ccc1F.Cl. The molecule has 1 atom stereocenters. The van der Waals surface area contributed by atoms with Gasteiger partial charge < -0.3 is 15.8 Å². The van der Waals surface area contributed by atoms with E-state index in [1.807, 2.05) is 0 Å². The van der Waals surface area contributed by atoms with E-state index in [1.165, 1.54) is 19.2 Å². The van der Waals surface area contributed by atoms with Crippen molar-refractivity contribution in [3.63, 3.8) is 0 Å². The zero-order chi connectivity index (χ0) is 12.8. The minimum Gasteiger partial charge on any atom is -0.380 e. The normalized spacial score (nSPS) is 11.6. The van der Waals surface area contributed by atoms with Crippen molar-refractivity contribution in [1.82, 2.24) is 0 Å². The first kappa shape index (κ1) is 17.3. The molecule has 0 fully saturated rings. The molecule has 3 N–H and O–H groups in total. The third-order valence-electron chi connectivity index (χ3n) is 2.21. The highest BCUT2D eigenvalue weighted by atomic mass is 79.9. The van der Waals surface area contributed by atoms with Crippen molar-refractivity contribution in [3.05, 3.63) is 28.5 Å². The van der Waals surface area contributed by atoms with Crippen molar-refractivity contribution in [3.8, 4) is 0 Å². The van der Waals surface area contributed by atoms with Gasteiger partial charge in [-0.1, -0.05) is 15.9 Å². The van der Waals surface area contributed by atoms with Crippen molar-refractivity contribution in [1.29, 1.82) is 0 Å². The molecule has 1 unspecified atom stereocenters. The zero-order valence-corrected chi connectivity index (χ0v) is 12.2. The Balaban J connectivity index is 0.00000289. The molecular weight excluding hydrogens is 326 g/mol. The number of ether oxygens (including phenoxy) is 1. The van der Waals surface area contributed by atoms with Gasteiger partial charge in [-0.05, 0) is 18.2 Å². The van der Waals surface area contributed by atoms with Crippen LogP contribution < -0.4 is 11.1 Å². The van der Waals surface area contributed by atoms with E-state index in [9.17, 15) is 9.18 Å². The van der Waals surface area contributed by atoms with Crippen LogP contribution in [-0.2, 0) is 9.53 Å². The van der Waals surface area contributed by atoms with E-state index in [4.69, 9.17) is 10.5 Å². The van der Waals surface area contributed by atoms with Gasteiger partial charge in [0.25, 0.3) is 0 Å². The maximum atomic E-state index is 13.3. The summed E-state index contributed by atoms with van der Waals surface area (Å²) < 4.78 is 19.0. The lowest BCUT2D eigenvalue weighted by atomic mass is 10.2. The van der Waals surface area contributed by atoms with Gasteiger partial charge in [-0.2, -0.15) is 0 Å². The van der Waals surface area contributed by atoms with Gasteiger partial charge in [0.2, 0.25) is 5.91 Å². The van der Waals surface area contributed by atoms with E-state index in [2.05, 4.69) is 21.2 Å². The molecule has 18 heavy (non-hydrogen) atoms. The lowest BCUT2D eigenvalue weighted by Gasteiger charge is -2.13. The van der Waals surface area contributed by atoms with E-state index in [1.54, 1.807) is 6.07 Å². The summed E-state index contributed by atoms with van der Waals surface area (Å²) >= 11 is 3.20. The Hall–Kier alpha value is -0.690. The van der Waals surface area contributed by atoms with Crippen LogP contribution in [0.3, 0.4) is 0 Å². The molecule has 1 amide bonds. The van der Waals surface area contributed by atoms with Gasteiger partial charge in [0.05, 0.1) is 18.2 Å². The van der Waals surface area contributed by atoms with E-state index in [-0.39, 0.29) is 43.1 Å². The lowest BCUT2D eigenvalue weighted by Crippen LogP contribution is -2.28. The van der Waals surface area contributed by atoms with Crippen molar-refractivity contribution < 1.29 is 13.9 Å². The molecule has 0 aliphatic heterocycles. The maximum absolute atomic E-state index is 13.3. The number of carbonyl (C=O) groups excluding carboxylic acids is 1. The van der Waals surface area contributed by atoms with Gasteiger partial charge in [-0.3, -0.25) is 4.79 Å². The van der Waals surface area contributed by atoms with Crippen LogP contribution in [0.5, 0.6) is 0 Å². The largest absolute Gasteiger partial charge is 0.380 e. The van der Waals surface area contributed by atoms with Crippen LogP contribution in [0.2, 0.25) is 0 Å². The number of rotatable bonds is 5. The Bertz CT molecular complexity index is 403. The molecule has 0 radical (unpaired) electrons. The highest BCUT2D eigenvalue weighted by Crippen LogP contribution is 2.20. The first-order chi connectivity index (χ1) is 8.06. The molecule has 0 spiro atoms. The minimum atomic E-state index is -0.483. The molecular formula is C11H15BrClFN2O2. The Morgan fingerprint density at radius 2 is 2.28 bits per heavy atom. The molecule has 102 valence electrons. The summed E-state index contributed by atoms with van der Waals surface area (Å²) in [5, 5.41) is 2.47. The highest BCUT2D eigenvalue weighted by Gasteiger charge is 2.13. The predicted molar refractivity (Wildman–Crippen MR) is 74.4 cm³/mol. The molecule has 1 aromatic rings. The molecule has 0 heterocycles. The second-order valence-corrected chi connectivity index (χ2v) is 4.39. The molecule has 0 saturated carbocycles. The van der Waals surface area contributed by atoms with E-state index in [0.717, 1.165) is 0 Å². The number of nitrogens with one attached hydrogen (secondary N) is 1. The Morgan fingerprint density at radius 1 is 1.61 bits per heavy atom. The van der Waals surface area contributed by atoms with E-state index in [0.29, 0.717) is 4.47 Å². The van der Waals surface area contributed by atoms with Crippen molar-refractivity contribution in [2.45, 2.75) is 12.5 Å². The number of halogens is 3. The van der Waals surface area contributed by atoms with E-state index < -0.39 is 5.82 Å². The summed E-state index contributed by atoms with van der Waals surface area (Å²) in [6.45, 7) is 0.241. The summed E-state index contributed by atoms with van der Waals surface area (Å²) in [5.74, 6) is -0.817. The molecule has 1 aromatic carbocycles. The number of carbonyl (C=O) groups is 1. The molecule has 0 aliphatic rings. The standard InChI is InChI=1S/C11H14BrFN2O2.ClH/c1-17-8(6-14)5-11(16)15-10-4-7(12)2-3-9(10)13;/h2-4,8H,5-6,14H2,1H3,(H,15,16);1H. The fourth-order valence-corrected chi connectivity index (χ4v) is 1.63. The lowest BCUT2D eigenvalue weighted by molar-refractivity contribution is -0.118. The second kappa shape index (κ2) is 8.42. The van der Waals surface area contributed by atoms with Gasteiger partial charge in [0.15, 0.2) is 0 Å². The minimum absolute atomic E-state index is 0. The number of hydrogen-bond acceptors (Lipinski definition) is 3. The van der Waals surface area contributed by atoms with Crippen LogP contribution in [0.15, 0.2) is 22.7 Å². The Morgan fingerprint density at radius 3 is 2.83 bits per heavy atom. The number of nitrogens with two attached hydrogens (primary N) is 1. The van der Waals surface area contributed by atoms with E-state index >= 15 is 0 Å². The molecule has 0 saturated heterocycles. The number of hydrogen-bond donors (Lipinski definition) is 2. The van der Waals surface area contributed by atoms with Gasteiger partial charge in [0, 0.05) is 18.1 Å². The first-order valence-corrected chi connectivity index (χ1v) is 5.84. The second-order valence-electron chi connectivity index (χ2n) is 3.47. The maximum Gasteiger partial charge on any atom is 0.227 e. The molecule has 0 bridgehead atoms. The number of benzene rings is 1.